The van der Waals surface area contributed by atoms with Gasteiger partial charge in [0.05, 0.1) is 6.07 Å². The molecule has 0 unspecified atom stereocenters. The summed E-state index contributed by atoms with van der Waals surface area (Å²) in [5.74, 6) is 0. The van der Waals surface area contributed by atoms with Crippen LogP contribution in [0.2, 0.25) is 0 Å². The predicted molar refractivity (Wildman–Crippen MR) is 48.3 cm³/mol. The van der Waals surface area contributed by atoms with Crippen molar-refractivity contribution in [3.8, 4) is 6.07 Å². The highest BCUT2D eigenvalue weighted by Crippen LogP contribution is 2.20. The van der Waals surface area contributed by atoms with Gasteiger partial charge in [-0.1, -0.05) is 28.1 Å². The molecule has 0 spiro atoms. The predicted octanol–water partition coefficient (Wildman–Crippen LogP) is 3.25. The van der Waals surface area contributed by atoms with E-state index in [4.69, 9.17) is 16.9 Å². The molecular formula is C8H5BrClN. The summed E-state index contributed by atoms with van der Waals surface area (Å²) in [4.78, 5) is 0. The largest absolute Gasteiger partial charge is 0.196 e. The number of benzene rings is 1. The maximum atomic E-state index is 8.46. The molecule has 56 valence electrons. The van der Waals surface area contributed by atoms with Crippen LogP contribution in [0.15, 0.2) is 28.7 Å². The zero-order valence-corrected chi connectivity index (χ0v) is 7.93. The Hall–Kier alpha value is -0.520. The van der Waals surface area contributed by atoms with Crippen molar-refractivity contribution in [3.05, 3.63) is 34.3 Å². The lowest BCUT2D eigenvalue weighted by Crippen LogP contribution is -1.84. The summed E-state index contributed by atoms with van der Waals surface area (Å²) in [7, 11) is 0. The number of hydrogen-bond acceptors (Lipinski definition) is 1. The maximum Gasteiger partial charge on any atom is 0.145 e. The third-order valence-corrected chi connectivity index (χ3v) is 2.15. The minimum Gasteiger partial charge on any atom is -0.196 e. The first-order valence-corrected chi connectivity index (χ1v) is 4.26. The molecule has 11 heavy (non-hydrogen) atoms. The zero-order chi connectivity index (χ0) is 8.27. The van der Waals surface area contributed by atoms with Gasteiger partial charge in [0.25, 0.3) is 0 Å². The first-order valence-electron chi connectivity index (χ1n) is 3.03. The summed E-state index contributed by atoms with van der Waals surface area (Å²) >= 11 is 8.96. The van der Waals surface area contributed by atoms with E-state index in [-0.39, 0.29) is 0 Å². The van der Waals surface area contributed by atoms with Crippen molar-refractivity contribution in [2.45, 2.75) is 5.38 Å². The van der Waals surface area contributed by atoms with Crippen LogP contribution in [0.25, 0.3) is 0 Å². The molecule has 0 amide bonds. The molecule has 0 heterocycles. The molecule has 0 aliphatic carbocycles. The van der Waals surface area contributed by atoms with Crippen LogP contribution < -0.4 is 0 Å². The summed E-state index contributed by atoms with van der Waals surface area (Å²) in [5.41, 5.74) is 0.831. The summed E-state index contributed by atoms with van der Waals surface area (Å²) in [6, 6.07) is 9.33. The van der Waals surface area contributed by atoms with Crippen LogP contribution in [-0.4, -0.2) is 0 Å². The number of rotatable bonds is 1. The summed E-state index contributed by atoms with van der Waals surface area (Å²) in [6.07, 6.45) is 0. The molecule has 0 saturated carbocycles. The second kappa shape index (κ2) is 3.75. The highest BCUT2D eigenvalue weighted by Gasteiger charge is 2.03. The normalized spacial score (nSPS) is 12.1. The monoisotopic (exact) mass is 229 g/mol. The van der Waals surface area contributed by atoms with E-state index < -0.39 is 5.38 Å². The lowest BCUT2D eigenvalue weighted by molar-refractivity contribution is 1.21. The Bertz CT molecular complexity index is 275. The molecule has 0 radical (unpaired) electrons. The summed E-state index contributed by atoms with van der Waals surface area (Å²) < 4.78 is 0.989. The van der Waals surface area contributed by atoms with Crippen LogP contribution in [0.5, 0.6) is 0 Å². The van der Waals surface area contributed by atoms with Crippen LogP contribution in [0.4, 0.5) is 0 Å². The SMILES string of the molecule is N#C[C@H](Cl)c1ccc(Br)cc1. The molecule has 0 aromatic heterocycles. The number of halogens is 2. The van der Waals surface area contributed by atoms with E-state index in [1.54, 1.807) is 0 Å². The number of nitriles is 1. The summed E-state index contributed by atoms with van der Waals surface area (Å²) in [5, 5.41) is 7.93. The molecule has 1 aromatic rings. The molecule has 0 fully saturated rings. The number of alkyl halides is 1. The van der Waals surface area contributed by atoms with Gasteiger partial charge in [-0.25, -0.2) is 0 Å². The van der Waals surface area contributed by atoms with Gasteiger partial charge in [-0.2, -0.15) is 5.26 Å². The second-order valence-corrected chi connectivity index (χ2v) is 3.40. The molecule has 0 bridgehead atoms. The Labute approximate surface area is 78.7 Å². The highest BCUT2D eigenvalue weighted by atomic mass is 79.9. The van der Waals surface area contributed by atoms with E-state index in [1.165, 1.54) is 0 Å². The molecule has 1 rings (SSSR count). The highest BCUT2D eigenvalue weighted by molar-refractivity contribution is 9.10. The molecule has 0 N–H and O–H groups in total. The number of hydrogen-bond donors (Lipinski definition) is 0. The first-order chi connectivity index (χ1) is 5.24. The first kappa shape index (κ1) is 8.58. The summed E-state index contributed by atoms with van der Waals surface area (Å²) in [6.45, 7) is 0. The average molecular weight is 230 g/mol. The standard InChI is InChI=1S/C8H5BrClN/c9-7-3-1-6(2-4-7)8(10)5-11/h1-4,8H/t8-/m0/s1. The Morgan fingerprint density at radius 1 is 1.36 bits per heavy atom. The van der Waals surface area contributed by atoms with Crippen molar-refractivity contribution < 1.29 is 0 Å². The second-order valence-electron chi connectivity index (χ2n) is 2.04. The zero-order valence-electron chi connectivity index (χ0n) is 5.59. The smallest absolute Gasteiger partial charge is 0.145 e. The van der Waals surface area contributed by atoms with Crippen molar-refractivity contribution in [3.63, 3.8) is 0 Å². The van der Waals surface area contributed by atoms with Crippen molar-refractivity contribution in [1.29, 1.82) is 5.26 Å². The van der Waals surface area contributed by atoms with E-state index in [1.807, 2.05) is 30.3 Å². The van der Waals surface area contributed by atoms with Crippen LogP contribution in [-0.2, 0) is 0 Å². The van der Waals surface area contributed by atoms with Crippen molar-refractivity contribution >= 4 is 27.5 Å². The molecule has 1 atom stereocenters. The Morgan fingerprint density at radius 2 is 1.91 bits per heavy atom. The molecule has 0 aliphatic rings. The Morgan fingerprint density at radius 3 is 2.36 bits per heavy atom. The van der Waals surface area contributed by atoms with Crippen LogP contribution in [0.1, 0.15) is 10.9 Å². The van der Waals surface area contributed by atoms with E-state index in [2.05, 4.69) is 15.9 Å². The van der Waals surface area contributed by atoms with Gasteiger partial charge in [-0.05, 0) is 17.7 Å². The maximum absolute atomic E-state index is 8.46. The lowest BCUT2D eigenvalue weighted by Gasteiger charge is -1.98. The molecule has 3 heteroatoms. The van der Waals surface area contributed by atoms with Gasteiger partial charge >= 0.3 is 0 Å². The van der Waals surface area contributed by atoms with Gasteiger partial charge in [0, 0.05) is 4.47 Å². The number of nitrogens with zero attached hydrogens (tertiary/aromatic N) is 1. The fraction of sp³-hybridized carbons (Fsp3) is 0.125. The van der Waals surface area contributed by atoms with Crippen molar-refractivity contribution in [1.82, 2.24) is 0 Å². The fourth-order valence-corrected chi connectivity index (χ4v) is 1.12. The van der Waals surface area contributed by atoms with Crippen LogP contribution in [0.3, 0.4) is 0 Å². The lowest BCUT2D eigenvalue weighted by atomic mass is 10.2. The van der Waals surface area contributed by atoms with E-state index in [0.29, 0.717) is 0 Å². The molecular weight excluding hydrogens is 225 g/mol. The van der Waals surface area contributed by atoms with Crippen LogP contribution >= 0.6 is 27.5 Å². The fourth-order valence-electron chi connectivity index (χ4n) is 0.706. The third-order valence-electron chi connectivity index (χ3n) is 1.28. The quantitative estimate of drug-likeness (QED) is 0.680. The van der Waals surface area contributed by atoms with Gasteiger partial charge in [0.1, 0.15) is 5.38 Å². The molecule has 1 aromatic carbocycles. The van der Waals surface area contributed by atoms with Gasteiger partial charge in [0.2, 0.25) is 0 Å². The molecule has 0 aliphatic heterocycles. The minimum atomic E-state index is -0.539. The van der Waals surface area contributed by atoms with Gasteiger partial charge in [-0.3, -0.25) is 0 Å². The Kier molecular flexibility index (Phi) is 2.92. The van der Waals surface area contributed by atoms with Gasteiger partial charge < -0.3 is 0 Å². The van der Waals surface area contributed by atoms with E-state index in [9.17, 15) is 0 Å². The Balaban J connectivity index is 2.92. The van der Waals surface area contributed by atoms with E-state index in [0.717, 1.165) is 10.0 Å². The van der Waals surface area contributed by atoms with Crippen molar-refractivity contribution in [2.75, 3.05) is 0 Å². The van der Waals surface area contributed by atoms with Crippen molar-refractivity contribution in [2.24, 2.45) is 0 Å². The topological polar surface area (TPSA) is 23.8 Å². The molecule has 1 nitrogen and oxygen atoms in total. The van der Waals surface area contributed by atoms with E-state index >= 15 is 0 Å². The average Bonchev–Trinajstić information content (AvgIpc) is 2.05. The van der Waals surface area contributed by atoms with Crippen LogP contribution in [0, 0.1) is 11.3 Å². The van der Waals surface area contributed by atoms with Gasteiger partial charge in [0.15, 0.2) is 0 Å². The third kappa shape index (κ3) is 2.21. The minimum absolute atomic E-state index is 0.539. The molecule has 0 saturated heterocycles. The van der Waals surface area contributed by atoms with Gasteiger partial charge in [-0.15, -0.1) is 11.6 Å².